The maximum atomic E-state index is 5.53. The van der Waals surface area contributed by atoms with Crippen molar-refractivity contribution >= 4 is 0 Å². The Morgan fingerprint density at radius 2 is 2.32 bits per heavy atom. The van der Waals surface area contributed by atoms with Crippen LogP contribution >= 0.6 is 0 Å². The van der Waals surface area contributed by atoms with Gasteiger partial charge in [0, 0.05) is 24.7 Å². The number of ether oxygens (including phenoxy) is 1. The van der Waals surface area contributed by atoms with Crippen molar-refractivity contribution in [1.29, 1.82) is 0 Å². The molecular weight excluding hydrogens is 242 g/mol. The molecular formula is C14H25N3O2. The van der Waals surface area contributed by atoms with Crippen molar-refractivity contribution in [1.82, 2.24) is 15.4 Å². The van der Waals surface area contributed by atoms with Crippen molar-refractivity contribution in [2.45, 2.75) is 45.8 Å². The summed E-state index contributed by atoms with van der Waals surface area (Å²) in [5, 5.41) is 7.43. The SMILES string of the molecule is CCCNCc1cc(CN2CCOCC2(C)C)on1. The van der Waals surface area contributed by atoms with Gasteiger partial charge in [0.05, 0.1) is 25.5 Å². The number of morpholine rings is 1. The van der Waals surface area contributed by atoms with E-state index in [0.29, 0.717) is 0 Å². The second-order valence-electron chi connectivity index (χ2n) is 5.75. The summed E-state index contributed by atoms with van der Waals surface area (Å²) < 4.78 is 10.9. The smallest absolute Gasteiger partial charge is 0.151 e. The lowest BCUT2D eigenvalue weighted by atomic mass is 10.0. The molecule has 1 aliphatic rings. The van der Waals surface area contributed by atoms with Gasteiger partial charge in [-0.2, -0.15) is 0 Å². The zero-order valence-electron chi connectivity index (χ0n) is 12.2. The predicted molar refractivity (Wildman–Crippen MR) is 73.8 cm³/mol. The number of rotatable bonds is 6. The van der Waals surface area contributed by atoms with Crippen LogP contribution in [0, 0.1) is 0 Å². The van der Waals surface area contributed by atoms with Gasteiger partial charge < -0.3 is 14.6 Å². The quantitative estimate of drug-likeness (QED) is 0.796. The summed E-state index contributed by atoms with van der Waals surface area (Å²) in [5.74, 6) is 0.934. The highest BCUT2D eigenvalue weighted by Gasteiger charge is 2.31. The highest BCUT2D eigenvalue weighted by molar-refractivity contribution is 5.06. The molecule has 1 saturated heterocycles. The Hall–Kier alpha value is -0.910. The van der Waals surface area contributed by atoms with Crippen molar-refractivity contribution < 1.29 is 9.26 Å². The van der Waals surface area contributed by atoms with Gasteiger partial charge >= 0.3 is 0 Å². The Balaban J connectivity index is 1.88. The summed E-state index contributed by atoms with van der Waals surface area (Å²) in [5.41, 5.74) is 1.04. The van der Waals surface area contributed by atoms with Crippen LogP contribution in [0.15, 0.2) is 10.6 Å². The maximum absolute atomic E-state index is 5.53. The summed E-state index contributed by atoms with van der Waals surface area (Å²) in [6.45, 7) is 11.7. The van der Waals surface area contributed by atoms with Gasteiger partial charge in [0.2, 0.25) is 0 Å². The standard InChI is InChI=1S/C14H25N3O2/c1-4-5-15-9-12-8-13(19-16-12)10-17-6-7-18-11-14(17,2)3/h8,15H,4-7,9-11H2,1-3H3. The van der Waals surface area contributed by atoms with Gasteiger partial charge in [-0.25, -0.2) is 0 Å². The number of nitrogens with one attached hydrogen (secondary N) is 1. The average molecular weight is 267 g/mol. The van der Waals surface area contributed by atoms with Crippen LogP contribution < -0.4 is 5.32 Å². The molecule has 0 saturated carbocycles. The number of hydrogen-bond acceptors (Lipinski definition) is 5. The Morgan fingerprint density at radius 3 is 3.05 bits per heavy atom. The molecule has 1 aromatic heterocycles. The molecule has 0 unspecified atom stereocenters. The highest BCUT2D eigenvalue weighted by Crippen LogP contribution is 2.21. The van der Waals surface area contributed by atoms with Crippen molar-refractivity contribution in [3.05, 3.63) is 17.5 Å². The molecule has 0 radical (unpaired) electrons. The van der Waals surface area contributed by atoms with Gasteiger partial charge in [-0.3, -0.25) is 4.90 Å². The van der Waals surface area contributed by atoms with E-state index in [0.717, 1.165) is 57.3 Å². The van der Waals surface area contributed by atoms with Gasteiger partial charge in [0.1, 0.15) is 0 Å². The van der Waals surface area contributed by atoms with E-state index in [1.807, 2.05) is 6.07 Å². The molecule has 1 N–H and O–H groups in total. The third kappa shape index (κ3) is 4.03. The molecule has 5 nitrogen and oxygen atoms in total. The van der Waals surface area contributed by atoms with Crippen molar-refractivity contribution in [3.63, 3.8) is 0 Å². The zero-order valence-corrected chi connectivity index (χ0v) is 12.2. The van der Waals surface area contributed by atoms with Gasteiger partial charge in [-0.15, -0.1) is 0 Å². The van der Waals surface area contributed by atoms with Crippen LogP contribution in [-0.4, -0.2) is 41.9 Å². The molecule has 0 amide bonds. The normalized spacial score (nSPS) is 19.7. The molecule has 2 heterocycles. The second-order valence-corrected chi connectivity index (χ2v) is 5.75. The fourth-order valence-electron chi connectivity index (χ4n) is 2.28. The molecule has 108 valence electrons. The van der Waals surface area contributed by atoms with E-state index in [4.69, 9.17) is 9.26 Å². The molecule has 0 bridgehead atoms. The minimum atomic E-state index is 0.0612. The Labute approximate surface area is 115 Å². The second kappa shape index (κ2) is 6.50. The average Bonchev–Trinajstić information content (AvgIpc) is 2.80. The first-order valence-corrected chi connectivity index (χ1v) is 7.10. The predicted octanol–water partition coefficient (Wildman–Crippen LogP) is 1.78. The van der Waals surface area contributed by atoms with E-state index in [1.165, 1.54) is 0 Å². The first kappa shape index (κ1) is 14.5. The van der Waals surface area contributed by atoms with Crippen LogP contribution in [0.5, 0.6) is 0 Å². The first-order chi connectivity index (χ1) is 9.12. The van der Waals surface area contributed by atoms with Gasteiger partial charge in [-0.05, 0) is 26.8 Å². The minimum absolute atomic E-state index is 0.0612. The van der Waals surface area contributed by atoms with E-state index in [2.05, 4.69) is 36.1 Å². The lowest BCUT2D eigenvalue weighted by Gasteiger charge is -2.41. The lowest BCUT2D eigenvalue weighted by Crippen LogP contribution is -2.52. The van der Waals surface area contributed by atoms with Crippen LogP contribution in [0.3, 0.4) is 0 Å². The number of hydrogen-bond donors (Lipinski definition) is 1. The maximum Gasteiger partial charge on any atom is 0.151 e. The van der Waals surface area contributed by atoms with Crippen LogP contribution in [0.25, 0.3) is 0 Å². The lowest BCUT2D eigenvalue weighted by molar-refractivity contribution is -0.0582. The van der Waals surface area contributed by atoms with Gasteiger partial charge in [0.25, 0.3) is 0 Å². The molecule has 0 aliphatic carbocycles. The third-order valence-electron chi connectivity index (χ3n) is 3.50. The van der Waals surface area contributed by atoms with E-state index < -0.39 is 0 Å². The monoisotopic (exact) mass is 267 g/mol. The molecule has 19 heavy (non-hydrogen) atoms. The van der Waals surface area contributed by atoms with E-state index >= 15 is 0 Å². The molecule has 2 rings (SSSR count). The van der Waals surface area contributed by atoms with Gasteiger partial charge in [0.15, 0.2) is 5.76 Å². The summed E-state index contributed by atoms with van der Waals surface area (Å²) in [6.07, 6.45) is 1.13. The topological polar surface area (TPSA) is 50.5 Å². The van der Waals surface area contributed by atoms with E-state index in [9.17, 15) is 0 Å². The molecule has 1 aliphatic heterocycles. The molecule has 0 spiro atoms. The summed E-state index contributed by atoms with van der Waals surface area (Å²) in [7, 11) is 0. The third-order valence-corrected chi connectivity index (χ3v) is 3.50. The van der Waals surface area contributed by atoms with Crippen LogP contribution in [0.4, 0.5) is 0 Å². The first-order valence-electron chi connectivity index (χ1n) is 7.10. The van der Waals surface area contributed by atoms with E-state index in [-0.39, 0.29) is 5.54 Å². The minimum Gasteiger partial charge on any atom is -0.378 e. The van der Waals surface area contributed by atoms with Crippen LogP contribution in [0.1, 0.15) is 38.6 Å². The van der Waals surface area contributed by atoms with E-state index in [1.54, 1.807) is 0 Å². The summed E-state index contributed by atoms with van der Waals surface area (Å²) >= 11 is 0. The summed E-state index contributed by atoms with van der Waals surface area (Å²) in [6, 6.07) is 2.05. The molecule has 0 aromatic carbocycles. The largest absolute Gasteiger partial charge is 0.378 e. The number of nitrogens with zero attached hydrogens (tertiary/aromatic N) is 2. The van der Waals surface area contributed by atoms with Crippen molar-refractivity contribution in [3.8, 4) is 0 Å². The van der Waals surface area contributed by atoms with Crippen molar-refractivity contribution in [2.24, 2.45) is 0 Å². The van der Waals surface area contributed by atoms with Gasteiger partial charge in [-0.1, -0.05) is 12.1 Å². The molecule has 1 aromatic rings. The highest BCUT2D eigenvalue weighted by atomic mass is 16.5. The molecule has 1 fully saturated rings. The Kier molecular flexibility index (Phi) is 4.96. The molecule has 0 atom stereocenters. The zero-order chi connectivity index (χ0) is 13.7. The van der Waals surface area contributed by atoms with Crippen molar-refractivity contribution in [2.75, 3.05) is 26.3 Å². The summed E-state index contributed by atoms with van der Waals surface area (Å²) in [4.78, 5) is 2.39. The Morgan fingerprint density at radius 1 is 1.47 bits per heavy atom. The fourth-order valence-corrected chi connectivity index (χ4v) is 2.28. The number of aromatic nitrogens is 1. The van der Waals surface area contributed by atoms with Crippen LogP contribution in [-0.2, 0) is 17.8 Å². The molecule has 5 heteroatoms. The Bertz CT molecular complexity index is 390. The fraction of sp³-hybridized carbons (Fsp3) is 0.786. The van der Waals surface area contributed by atoms with Crippen LogP contribution in [0.2, 0.25) is 0 Å².